The van der Waals surface area contributed by atoms with E-state index in [1.807, 2.05) is 37.4 Å². The van der Waals surface area contributed by atoms with Crippen LogP contribution in [-0.4, -0.2) is 17.2 Å². The van der Waals surface area contributed by atoms with Gasteiger partial charge in [0, 0.05) is 11.6 Å². The maximum atomic E-state index is 12.2. The molecule has 1 N–H and O–H groups in total. The van der Waals surface area contributed by atoms with Crippen molar-refractivity contribution in [2.24, 2.45) is 0 Å². The van der Waals surface area contributed by atoms with Gasteiger partial charge in [-0.05, 0) is 49.6 Å². The molecule has 0 atom stereocenters. The number of hydrogen-bond acceptors (Lipinski definition) is 5. The zero-order chi connectivity index (χ0) is 16.9. The molecule has 24 heavy (non-hydrogen) atoms. The molecular formula is C18H18N2O3S. The van der Waals surface area contributed by atoms with Crippen molar-refractivity contribution < 1.29 is 14.1 Å². The SMILES string of the molecule is CC(C)Oc1ccc(C(=O)NCc2cc(-c3cccs3)on2)cc1. The first kappa shape index (κ1) is 16.3. The first-order valence-electron chi connectivity index (χ1n) is 7.66. The van der Waals surface area contributed by atoms with Crippen LogP contribution in [0, 0.1) is 0 Å². The van der Waals surface area contributed by atoms with Crippen LogP contribution in [0.25, 0.3) is 10.6 Å². The summed E-state index contributed by atoms with van der Waals surface area (Å²) >= 11 is 1.58. The van der Waals surface area contributed by atoms with E-state index in [1.165, 1.54) is 0 Å². The molecule has 2 aromatic heterocycles. The Morgan fingerprint density at radius 3 is 2.75 bits per heavy atom. The highest BCUT2D eigenvalue weighted by Gasteiger charge is 2.10. The molecule has 0 saturated carbocycles. The fourth-order valence-electron chi connectivity index (χ4n) is 2.16. The lowest BCUT2D eigenvalue weighted by Gasteiger charge is -2.10. The van der Waals surface area contributed by atoms with Crippen LogP contribution in [-0.2, 0) is 6.54 Å². The highest BCUT2D eigenvalue weighted by molar-refractivity contribution is 7.13. The van der Waals surface area contributed by atoms with Crippen LogP contribution in [0.5, 0.6) is 5.75 Å². The highest BCUT2D eigenvalue weighted by Crippen LogP contribution is 2.25. The van der Waals surface area contributed by atoms with Gasteiger partial charge in [0.25, 0.3) is 5.91 Å². The lowest BCUT2D eigenvalue weighted by Crippen LogP contribution is -2.22. The van der Waals surface area contributed by atoms with E-state index in [0.29, 0.717) is 23.6 Å². The van der Waals surface area contributed by atoms with Gasteiger partial charge >= 0.3 is 0 Å². The standard InChI is InChI=1S/C18H18N2O3S/c1-12(2)22-15-7-5-13(6-8-15)18(21)19-11-14-10-16(23-20-14)17-4-3-9-24-17/h3-10,12H,11H2,1-2H3,(H,19,21). The van der Waals surface area contributed by atoms with E-state index in [0.717, 1.165) is 10.6 Å². The number of rotatable bonds is 6. The lowest BCUT2D eigenvalue weighted by atomic mass is 10.2. The molecule has 1 amide bonds. The first-order valence-corrected chi connectivity index (χ1v) is 8.54. The van der Waals surface area contributed by atoms with E-state index in [4.69, 9.17) is 9.26 Å². The minimum Gasteiger partial charge on any atom is -0.491 e. The molecule has 0 saturated heterocycles. The second-order valence-electron chi connectivity index (χ2n) is 5.53. The number of nitrogens with one attached hydrogen (secondary N) is 1. The van der Waals surface area contributed by atoms with Crippen molar-refractivity contribution in [1.29, 1.82) is 0 Å². The summed E-state index contributed by atoms with van der Waals surface area (Å²) < 4.78 is 10.9. The predicted molar refractivity (Wildman–Crippen MR) is 93.2 cm³/mol. The van der Waals surface area contributed by atoms with Gasteiger partial charge in [-0.3, -0.25) is 4.79 Å². The smallest absolute Gasteiger partial charge is 0.251 e. The fraction of sp³-hybridized carbons (Fsp3) is 0.222. The third-order valence-corrected chi connectivity index (χ3v) is 4.13. The molecule has 0 bridgehead atoms. The van der Waals surface area contributed by atoms with Gasteiger partial charge in [-0.2, -0.15) is 0 Å². The third kappa shape index (κ3) is 4.02. The summed E-state index contributed by atoms with van der Waals surface area (Å²) in [7, 11) is 0. The number of ether oxygens (including phenoxy) is 1. The summed E-state index contributed by atoms with van der Waals surface area (Å²) in [6.45, 7) is 4.24. The first-order chi connectivity index (χ1) is 11.6. The molecule has 6 heteroatoms. The summed E-state index contributed by atoms with van der Waals surface area (Å²) in [5, 5.41) is 8.79. The quantitative estimate of drug-likeness (QED) is 0.732. The number of benzene rings is 1. The molecular weight excluding hydrogens is 324 g/mol. The second-order valence-corrected chi connectivity index (χ2v) is 6.48. The van der Waals surface area contributed by atoms with Gasteiger partial charge in [0.1, 0.15) is 11.4 Å². The Morgan fingerprint density at radius 2 is 2.08 bits per heavy atom. The molecule has 0 aliphatic heterocycles. The van der Waals surface area contributed by atoms with Gasteiger partial charge in [-0.25, -0.2) is 0 Å². The molecule has 3 aromatic rings. The van der Waals surface area contributed by atoms with E-state index in [1.54, 1.807) is 35.6 Å². The van der Waals surface area contributed by atoms with Crippen molar-refractivity contribution in [1.82, 2.24) is 10.5 Å². The molecule has 124 valence electrons. The number of hydrogen-bond donors (Lipinski definition) is 1. The maximum absolute atomic E-state index is 12.2. The summed E-state index contributed by atoms with van der Waals surface area (Å²) in [5.74, 6) is 1.30. The molecule has 2 heterocycles. The van der Waals surface area contributed by atoms with Gasteiger partial charge < -0.3 is 14.6 Å². The van der Waals surface area contributed by atoms with Gasteiger partial charge in [-0.15, -0.1) is 11.3 Å². The Kier molecular flexibility index (Phi) is 4.96. The molecule has 5 nitrogen and oxygen atoms in total. The topological polar surface area (TPSA) is 64.4 Å². The monoisotopic (exact) mass is 342 g/mol. The summed E-state index contributed by atoms with van der Waals surface area (Å²) in [6, 6.07) is 12.8. The molecule has 1 aromatic carbocycles. The molecule has 3 rings (SSSR count). The highest BCUT2D eigenvalue weighted by atomic mass is 32.1. The van der Waals surface area contributed by atoms with Crippen LogP contribution in [0.1, 0.15) is 29.9 Å². The van der Waals surface area contributed by atoms with Crippen molar-refractivity contribution in [2.45, 2.75) is 26.5 Å². The fourth-order valence-corrected chi connectivity index (χ4v) is 2.83. The number of amides is 1. The summed E-state index contributed by atoms with van der Waals surface area (Å²) in [5.41, 5.74) is 1.26. The Labute approximate surface area is 144 Å². The van der Waals surface area contributed by atoms with Crippen molar-refractivity contribution in [3.8, 4) is 16.4 Å². The molecule has 0 radical (unpaired) electrons. The van der Waals surface area contributed by atoms with Crippen LogP contribution in [0.4, 0.5) is 0 Å². The zero-order valence-electron chi connectivity index (χ0n) is 13.5. The number of thiophene rings is 1. The van der Waals surface area contributed by atoms with Crippen molar-refractivity contribution >= 4 is 17.2 Å². The molecule has 0 aliphatic rings. The largest absolute Gasteiger partial charge is 0.491 e. The van der Waals surface area contributed by atoms with E-state index in [2.05, 4.69) is 10.5 Å². The van der Waals surface area contributed by atoms with Gasteiger partial charge in [0.15, 0.2) is 5.76 Å². The van der Waals surface area contributed by atoms with Crippen LogP contribution in [0.2, 0.25) is 0 Å². The van der Waals surface area contributed by atoms with Crippen molar-refractivity contribution in [3.05, 3.63) is 59.1 Å². The zero-order valence-corrected chi connectivity index (χ0v) is 14.3. The predicted octanol–water partition coefficient (Wildman–Crippen LogP) is 4.12. The average molecular weight is 342 g/mol. The molecule has 0 unspecified atom stereocenters. The van der Waals surface area contributed by atoms with Gasteiger partial charge in [0.05, 0.1) is 17.5 Å². The van der Waals surface area contributed by atoms with E-state index >= 15 is 0 Å². The maximum Gasteiger partial charge on any atom is 0.251 e. The minimum atomic E-state index is -0.160. The van der Waals surface area contributed by atoms with Crippen molar-refractivity contribution in [3.63, 3.8) is 0 Å². The molecule has 0 fully saturated rings. The van der Waals surface area contributed by atoms with Crippen molar-refractivity contribution in [2.75, 3.05) is 0 Å². The van der Waals surface area contributed by atoms with E-state index in [9.17, 15) is 4.79 Å². The lowest BCUT2D eigenvalue weighted by molar-refractivity contribution is 0.0950. The van der Waals surface area contributed by atoms with Gasteiger partial charge in [0.2, 0.25) is 0 Å². The van der Waals surface area contributed by atoms with Crippen LogP contribution in [0.15, 0.2) is 52.4 Å². The number of carbonyl (C=O) groups excluding carboxylic acids is 1. The Morgan fingerprint density at radius 1 is 1.29 bits per heavy atom. The van der Waals surface area contributed by atoms with E-state index in [-0.39, 0.29) is 12.0 Å². The van der Waals surface area contributed by atoms with Gasteiger partial charge in [-0.1, -0.05) is 11.2 Å². The Hall–Kier alpha value is -2.60. The number of nitrogens with zero attached hydrogens (tertiary/aromatic N) is 1. The average Bonchev–Trinajstić information content (AvgIpc) is 3.24. The van der Waals surface area contributed by atoms with Crippen LogP contribution >= 0.6 is 11.3 Å². The van der Waals surface area contributed by atoms with E-state index < -0.39 is 0 Å². The Balaban J connectivity index is 1.57. The van der Waals surface area contributed by atoms with Crippen LogP contribution < -0.4 is 10.1 Å². The second kappa shape index (κ2) is 7.31. The third-order valence-electron chi connectivity index (χ3n) is 3.24. The Bertz CT molecular complexity index is 792. The normalized spacial score (nSPS) is 10.8. The molecule has 0 aliphatic carbocycles. The summed E-state index contributed by atoms with van der Waals surface area (Å²) in [6.07, 6.45) is 0.106. The van der Waals surface area contributed by atoms with Crippen LogP contribution in [0.3, 0.4) is 0 Å². The number of aromatic nitrogens is 1. The molecule has 0 spiro atoms. The minimum absolute atomic E-state index is 0.106. The number of carbonyl (C=O) groups is 1. The summed E-state index contributed by atoms with van der Waals surface area (Å²) in [4.78, 5) is 13.2.